The van der Waals surface area contributed by atoms with Crippen LogP contribution in [0.3, 0.4) is 0 Å². The van der Waals surface area contributed by atoms with Gasteiger partial charge in [0.1, 0.15) is 5.65 Å². The lowest BCUT2D eigenvalue weighted by Gasteiger charge is -2.13. The smallest absolute Gasteiger partial charge is 0.146 e. The first-order chi connectivity index (χ1) is 24.3. The average Bonchev–Trinajstić information content (AvgIpc) is 3.60. The first-order valence-corrected chi connectivity index (χ1v) is 16.7. The Hall–Kier alpha value is -6.58. The number of rotatable bonds is 4. The fourth-order valence-corrected chi connectivity index (χ4v) is 7.38. The Labute approximate surface area is 283 Å². The Balaban J connectivity index is 1.13. The second-order valence-corrected chi connectivity index (χ2v) is 12.6. The summed E-state index contributed by atoms with van der Waals surface area (Å²) < 4.78 is 2.35. The molecule has 3 nitrogen and oxygen atoms in total. The first-order valence-electron chi connectivity index (χ1n) is 16.7. The van der Waals surface area contributed by atoms with E-state index < -0.39 is 0 Å². The van der Waals surface area contributed by atoms with E-state index in [1.165, 1.54) is 32.7 Å². The summed E-state index contributed by atoms with van der Waals surface area (Å²) in [5, 5.41) is 7.06. The van der Waals surface area contributed by atoms with Crippen molar-refractivity contribution in [2.24, 2.45) is 0 Å². The van der Waals surface area contributed by atoms with Gasteiger partial charge in [-0.2, -0.15) is 0 Å². The van der Waals surface area contributed by atoms with E-state index in [1.807, 2.05) is 0 Å². The van der Waals surface area contributed by atoms with Gasteiger partial charge in [0.25, 0.3) is 0 Å². The molecule has 0 aliphatic heterocycles. The number of hydrogen-bond donors (Lipinski definition) is 0. The number of para-hydroxylation sites is 1. The molecule has 0 amide bonds. The van der Waals surface area contributed by atoms with E-state index in [4.69, 9.17) is 9.97 Å². The van der Waals surface area contributed by atoms with Crippen molar-refractivity contribution in [3.05, 3.63) is 176 Å². The fourth-order valence-electron chi connectivity index (χ4n) is 7.38. The summed E-state index contributed by atoms with van der Waals surface area (Å²) in [5.74, 6) is 0. The Kier molecular flexibility index (Phi) is 6.18. The van der Waals surface area contributed by atoms with E-state index in [1.54, 1.807) is 0 Å². The summed E-state index contributed by atoms with van der Waals surface area (Å²) in [5.41, 5.74) is 11.9. The Morgan fingerprint density at radius 1 is 0.367 bits per heavy atom. The minimum Gasteiger partial charge on any atom is -0.291 e. The molecule has 49 heavy (non-hydrogen) atoms. The molecule has 0 saturated heterocycles. The maximum atomic E-state index is 5.38. The largest absolute Gasteiger partial charge is 0.291 e. The van der Waals surface area contributed by atoms with Crippen LogP contribution in [-0.2, 0) is 0 Å². The molecule has 0 saturated carbocycles. The SMILES string of the molecule is c1ccc(-c2nc3c4ccc(-c5ccc(-c6ccc7ccc8ccccc8c7n6)cc5)cc4c4ccccc4n3c2-c2ccccc2)cc1. The zero-order valence-electron chi connectivity index (χ0n) is 26.6. The monoisotopic (exact) mass is 623 g/mol. The third-order valence-electron chi connectivity index (χ3n) is 9.77. The maximum absolute atomic E-state index is 5.38. The van der Waals surface area contributed by atoms with Crippen molar-refractivity contribution in [3.8, 4) is 44.9 Å². The molecule has 0 aliphatic carbocycles. The van der Waals surface area contributed by atoms with Crippen LogP contribution in [0.15, 0.2) is 176 Å². The molecule has 0 aliphatic rings. The van der Waals surface area contributed by atoms with Crippen molar-refractivity contribution < 1.29 is 0 Å². The van der Waals surface area contributed by atoms with Crippen LogP contribution in [0, 0.1) is 0 Å². The molecule has 0 fully saturated rings. The quantitative estimate of drug-likeness (QED) is 0.183. The molecule has 0 spiro atoms. The topological polar surface area (TPSA) is 30.2 Å². The van der Waals surface area contributed by atoms with Crippen LogP contribution < -0.4 is 0 Å². The zero-order valence-corrected chi connectivity index (χ0v) is 26.6. The predicted octanol–water partition coefficient (Wildman–Crippen LogP) is 12.0. The number of fused-ring (bicyclic) bond motifs is 9. The lowest BCUT2D eigenvalue weighted by molar-refractivity contribution is 1.27. The molecule has 3 aromatic heterocycles. The van der Waals surface area contributed by atoms with Crippen LogP contribution in [0.4, 0.5) is 0 Å². The zero-order chi connectivity index (χ0) is 32.3. The maximum Gasteiger partial charge on any atom is 0.146 e. The first kappa shape index (κ1) is 27.5. The summed E-state index contributed by atoms with van der Waals surface area (Å²) in [6.45, 7) is 0. The summed E-state index contributed by atoms with van der Waals surface area (Å²) in [6, 6.07) is 62.5. The molecule has 10 aromatic rings. The van der Waals surface area contributed by atoms with E-state index in [-0.39, 0.29) is 0 Å². The van der Waals surface area contributed by atoms with Gasteiger partial charge in [0.05, 0.1) is 28.1 Å². The van der Waals surface area contributed by atoms with Gasteiger partial charge in [-0.1, -0.05) is 152 Å². The lowest BCUT2D eigenvalue weighted by atomic mass is 9.97. The number of pyridine rings is 2. The highest BCUT2D eigenvalue weighted by Crippen LogP contribution is 2.40. The molecule has 10 rings (SSSR count). The predicted molar refractivity (Wildman–Crippen MR) is 205 cm³/mol. The highest BCUT2D eigenvalue weighted by atomic mass is 15.0. The van der Waals surface area contributed by atoms with E-state index in [0.29, 0.717) is 0 Å². The minimum atomic E-state index is 0.961. The highest BCUT2D eigenvalue weighted by Gasteiger charge is 2.21. The number of nitrogens with zero attached hydrogens (tertiary/aromatic N) is 3. The van der Waals surface area contributed by atoms with Crippen molar-refractivity contribution in [1.82, 2.24) is 14.4 Å². The molecular weight excluding hydrogens is 595 g/mol. The molecule has 3 heteroatoms. The van der Waals surface area contributed by atoms with Crippen LogP contribution >= 0.6 is 0 Å². The van der Waals surface area contributed by atoms with Gasteiger partial charge in [-0.05, 0) is 46.2 Å². The van der Waals surface area contributed by atoms with E-state index >= 15 is 0 Å². The summed E-state index contributed by atoms with van der Waals surface area (Å²) >= 11 is 0. The molecule has 0 unspecified atom stereocenters. The highest BCUT2D eigenvalue weighted by molar-refractivity contribution is 6.14. The minimum absolute atomic E-state index is 0.961. The van der Waals surface area contributed by atoms with Gasteiger partial charge in [0.15, 0.2) is 0 Å². The summed E-state index contributed by atoms with van der Waals surface area (Å²) in [7, 11) is 0. The number of imidazole rings is 1. The van der Waals surface area contributed by atoms with Crippen LogP contribution in [0.5, 0.6) is 0 Å². The van der Waals surface area contributed by atoms with Gasteiger partial charge in [0, 0.05) is 38.2 Å². The Bertz CT molecular complexity index is 2850. The Morgan fingerprint density at radius 2 is 1.00 bits per heavy atom. The summed E-state index contributed by atoms with van der Waals surface area (Å²) in [6.07, 6.45) is 0. The lowest BCUT2D eigenvalue weighted by Crippen LogP contribution is -1.94. The van der Waals surface area contributed by atoms with Gasteiger partial charge in [-0.15, -0.1) is 0 Å². The second-order valence-electron chi connectivity index (χ2n) is 12.6. The third kappa shape index (κ3) is 4.44. The molecule has 0 N–H and O–H groups in total. The second kappa shape index (κ2) is 11.0. The van der Waals surface area contributed by atoms with Crippen LogP contribution in [0.1, 0.15) is 0 Å². The van der Waals surface area contributed by atoms with Crippen molar-refractivity contribution >= 4 is 49.0 Å². The molecule has 0 radical (unpaired) electrons. The molecule has 3 heterocycles. The molecule has 0 bridgehead atoms. The fraction of sp³-hybridized carbons (Fsp3) is 0. The summed E-state index contributed by atoms with van der Waals surface area (Å²) in [4.78, 5) is 10.5. The Morgan fingerprint density at radius 3 is 1.82 bits per heavy atom. The normalized spacial score (nSPS) is 11.7. The van der Waals surface area contributed by atoms with Gasteiger partial charge in [-0.25, -0.2) is 9.97 Å². The molecule has 0 atom stereocenters. The number of benzene rings is 7. The number of hydrogen-bond acceptors (Lipinski definition) is 2. The van der Waals surface area contributed by atoms with Crippen molar-refractivity contribution in [3.63, 3.8) is 0 Å². The third-order valence-corrected chi connectivity index (χ3v) is 9.77. The van der Waals surface area contributed by atoms with Crippen LogP contribution in [0.25, 0.3) is 93.9 Å². The van der Waals surface area contributed by atoms with Crippen LogP contribution in [0.2, 0.25) is 0 Å². The van der Waals surface area contributed by atoms with Crippen molar-refractivity contribution in [2.45, 2.75) is 0 Å². The van der Waals surface area contributed by atoms with Gasteiger partial charge >= 0.3 is 0 Å². The van der Waals surface area contributed by atoms with Gasteiger partial charge in [0.2, 0.25) is 0 Å². The average molecular weight is 624 g/mol. The van der Waals surface area contributed by atoms with E-state index in [2.05, 4.69) is 180 Å². The van der Waals surface area contributed by atoms with E-state index in [0.717, 1.165) is 61.2 Å². The molecule has 228 valence electrons. The molecular formula is C46H29N3. The standard InChI is InChI=1S/C46H29N3/c1-3-12-33(13-4-1)44-45(35-14-5-2-6-15-35)49-42-18-10-9-17-38(42)40-29-36(25-27-39(40)46(49)48-44)30-19-22-32(23-20-30)41-28-26-34-24-21-31-11-7-8-16-37(31)43(34)47-41/h1-29H. The van der Waals surface area contributed by atoms with Crippen LogP contribution in [-0.4, -0.2) is 14.4 Å². The van der Waals surface area contributed by atoms with Gasteiger partial charge < -0.3 is 0 Å². The van der Waals surface area contributed by atoms with E-state index in [9.17, 15) is 0 Å². The van der Waals surface area contributed by atoms with Crippen molar-refractivity contribution in [1.29, 1.82) is 0 Å². The number of aromatic nitrogens is 3. The van der Waals surface area contributed by atoms with Gasteiger partial charge in [-0.3, -0.25) is 4.40 Å². The molecule has 7 aromatic carbocycles. The van der Waals surface area contributed by atoms with Crippen molar-refractivity contribution in [2.75, 3.05) is 0 Å².